The Bertz CT molecular complexity index is 601. The van der Waals surface area contributed by atoms with Gasteiger partial charge in [-0.25, -0.2) is 9.37 Å². The number of hydrogen-bond acceptors (Lipinski definition) is 4. The number of anilines is 1. The second kappa shape index (κ2) is 7.17. The molecule has 0 aromatic carbocycles. The van der Waals surface area contributed by atoms with Gasteiger partial charge in [0.25, 0.3) is 5.91 Å². The largest absolute Gasteiger partial charge is 0.368 e. The highest BCUT2D eigenvalue weighted by Gasteiger charge is 2.19. The zero-order valence-electron chi connectivity index (χ0n) is 12.1. The summed E-state index contributed by atoms with van der Waals surface area (Å²) in [5.74, 6) is -0.805. The lowest BCUT2D eigenvalue weighted by atomic mass is 10.2. The van der Waals surface area contributed by atoms with E-state index in [0.717, 1.165) is 12.0 Å². The van der Waals surface area contributed by atoms with Gasteiger partial charge in [-0.1, -0.05) is 6.92 Å². The van der Waals surface area contributed by atoms with Gasteiger partial charge in [0, 0.05) is 26.3 Å². The standard InChI is InChI=1S/C15H18FN3OS/c1-3-6-17-14-13(16)12(4-7-18-14)15(20)19(2)9-11-5-8-21-10-11/h4-5,7-8,10H,3,6,9H2,1-2H3,(H,17,18). The molecule has 0 bridgehead atoms. The maximum Gasteiger partial charge on any atom is 0.257 e. The lowest BCUT2D eigenvalue weighted by molar-refractivity contribution is 0.0780. The van der Waals surface area contributed by atoms with Crippen molar-refractivity contribution < 1.29 is 9.18 Å². The van der Waals surface area contributed by atoms with Gasteiger partial charge in [0.15, 0.2) is 11.6 Å². The van der Waals surface area contributed by atoms with Gasteiger partial charge in [0.1, 0.15) is 0 Å². The highest BCUT2D eigenvalue weighted by atomic mass is 32.1. The Morgan fingerprint density at radius 1 is 1.48 bits per heavy atom. The lowest BCUT2D eigenvalue weighted by Gasteiger charge is -2.17. The fraction of sp³-hybridized carbons (Fsp3) is 0.333. The van der Waals surface area contributed by atoms with Crippen LogP contribution in [-0.4, -0.2) is 29.4 Å². The average Bonchev–Trinajstić information content (AvgIpc) is 2.98. The predicted octanol–water partition coefficient (Wildman–Crippen LogP) is 3.38. The van der Waals surface area contributed by atoms with Gasteiger partial charge in [-0.05, 0) is 34.9 Å². The molecule has 0 aliphatic heterocycles. The predicted molar refractivity (Wildman–Crippen MR) is 83.1 cm³/mol. The van der Waals surface area contributed by atoms with E-state index in [-0.39, 0.29) is 17.3 Å². The summed E-state index contributed by atoms with van der Waals surface area (Å²) in [6.45, 7) is 3.06. The maximum absolute atomic E-state index is 14.3. The Hall–Kier alpha value is -1.95. The number of aromatic nitrogens is 1. The maximum atomic E-state index is 14.3. The molecule has 0 saturated heterocycles. The van der Waals surface area contributed by atoms with E-state index in [1.165, 1.54) is 17.2 Å². The van der Waals surface area contributed by atoms with E-state index in [9.17, 15) is 9.18 Å². The molecule has 2 heterocycles. The van der Waals surface area contributed by atoms with Crippen LogP contribution in [0.1, 0.15) is 29.3 Å². The number of carbonyl (C=O) groups excluding carboxylic acids is 1. The van der Waals surface area contributed by atoms with Crippen LogP contribution in [0.2, 0.25) is 0 Å². The van der Waals surface area contributed by atoms with Crippen molar-refractivity contribution >= 4 is 23.1 Å². The minimum absolute atomic E-state index is 0.0429. The first-order valence-corrected chi connectivity index (χ1v) is 7.72. The third-order valence-electron chi connectivity index (χ3n) is 3.01. The molecular weight excluding hydrogens is 289 g/mol. The molecule has 1 amide bonds. The molecule has 2 aromatic rings. The topological polar surface area (TPSA) is 45.2 Å². The van der Waals surface area contributed by atoms with Crippen molar-refractivity contribution in [1.29, 1.82) is 0 Å². The number of carbonyl (C=O) groups is 1. The van der Waals surface area contributed by atoms with Crippen LogP contribution in [0.4, 0.5) is 10.2 Å². The third-order valence-corrected chi connectivity index (χ3v) is 3.74. The summed E-state index contributed by atoms with van der Waals surface area (Å²) in [6, 6.07) is 3.37. The monoisotopic (exact) mass is 307 g/mol. The molecule has 0 unspecified atom stereocenters. The van der Waals surface area contributed by atoms with E-state index < -0.39 is 5.82 Å². The minimum Gasteiger partial charge on any atom is -0.368 e. The molecule has 0 aliphatic rings. The third kappa shape index (κ3) is 3.78. The van der Waals surface area contributed by atoms with Gasteiger partial charge < -0.3 is 10.2 Å². The van der Waals surface area contributed by atoms with Crippen LogP contribution in [0, 0.1) is 5.82 Å². The van der Waals surface area contributed by atoms with Crippen molar-refractivity contribution in [2.24, 2.45) is 0 Å². The summed E-state index contributed by atoms with van der Waals surface area (Å²) in [5, 5.41) is 6.81. The summed E-state index contributed by atoms with van der Waals surface area (Å²) >= 11 is 1.57. The summed E-state index contributed by atoms with van der Waals surface area (Å²) in [4.78, 5) is 17.8. The van der Waals surface area contributed by atoms with Crippen LogP contribution in [-0.2, 0) is 6.54 Å². The van der Waals surface area contributed by atoms with Crippen LogP contribution in [0.15, 0.2) is 29.1 Å². The SMILES string of the molecule is CCCNc1nccc(C(=O)N(C)Cc2ccsc2)c1F. The molecule has 0 aliphatic carbocycles. The normalized spacial score (nSPS) is 10.4. The number of halogens is 1. The van der Waals surface area contributed by atoms with Crippen LogP contribution >= 0.6 is 11.3 Å². The minimum atomic E-state index is -0.590. The van der Waals surface area contributed by atoms with Gasteiger partial charge in [-0.2, -0.15) is 11.3 Å². The molecule has 0 atom stereocenters. The smallest absolute Gasteiger partial charge is 0.257 e. The highest BCUT2D eigenvalue weighted by molar-refractivity contribution is 7.07. The number of nitrogens with zero attached hydrogens (tertiary/aromatic N) is 2. The van der Waals surface area contributed by atoms with Crippen molar-refractivity contribution in [3.05, 3.63) is 46.0 Å². The van der Waals surface area contributed by atoms with Crippen LogP contribution in [0.25, 0.3) is 0 Å². The number of nitrogens with one attached hydrogen (secondary N) is 1. The van der Waals surface area contributed by atoms with Crippen molar-refractivity contribution in [2.75, 3.05) is 18.9 Å². The summed E-state index contributed by atoms with van der Waals surface area (Å²) in [7, 11) is 1.67. The van der Waals surface area contributed by atoms with E-state index in [4.69, 9.17) is 0 Å². The first kappa shape index (κ1) is 15.4. The van der Waals surface area contributed by atoms with Crippen molar-refractivity contribution in [3.63, 3.8) is 0 Å². The number of hydrogen-bond donors (Lipinski definition) is 1. The first-order chi connectivity index (χ1) is 10.1. The molecule has 0 saturated carbocycles. The summed E-state index contributed by atoms with van der Waals surface area (Å²) < 4.78 is 14.3. The van der Waals surface area contributed by atoms with E-state index in [2.05, 4.69) is 10.3 Å². The molecule has 0 fully saturated rings. The molecule has 4 nitrogen and oxygen atoms in total. The average molecular weight is 307 g/mol. The van der Waals surface area contributed by atoms with Gasteiger partial charge in [-0.3, -0.25) is 4.79 Å². The highest BCUT2D eigenvalue weighted by Crippen LogP contribution is 2.18. The van der Waals surface area contributed by atoms with E-state index in [1.807, 2.05) is 23.8 Å². The molecule has 2 aromatic heterocycles. The molecule has 6 heteroatoms. The second-order valence-corrected chi connectivity index (χ2v) is 5.52. The van der Waals surface area contributed by atoms with Crippen molar-refractivity contribution in [2.45, 2.75) is 19.9 Å². The molecule has 1 N–H and O–H groups in total. The van der Waals surface area contributed by atoms with Gasteiger partial charge in [0.2, 0.25) is 0 Å². The fourth-order valence-corrected chi connectivity index (χ4v) is 2.57. The fourth-order valence-electron chi connectivity index (χ4n) is 1.91. The quantitative estimate of drug-likeness (QED) is 0.890. The summed E-state index contributed by atoms with van der Waals surface area (Å²) in [6.07, 6.45) is 2.31. The number of pyridine rings is 1. The number of rotatable bonds is 6. The molecule has 0 radical (unpaired) electrons. The van der Waals surface area contributed by atoms with Gasteiger partial charge >= 0.3 is 0 Å². The first-order valence-electron chi connectivity index (χ1n) is 6.78. The second-order valence-electron chi connectivity index (χ2n) is 4.74. The number of thiophene rings is 1. The van der Waals surface area contributed by atoms with E-state index >= 15 is 0 Å². The number of amides is 1. The molecule has 21 heavy (non-hydrogen) atoms. The molecule has 2 rings (SSSR count). The van der Waals surface area contributed by atoms with Gasteiger partial charge in [0.05, 0.1) is 5.56 Å². The lowest BCUT2D eigenvalue weighted by Crippen LogP contribution is -2.27. The Kier molecular flexibility index (Phi) is 5.27. The summed E-state index contributed by atoms with van der Waals surface area (Å²) in [5.41, 5.74) is 1.08. The molecule has 112 valence electrons. The van der Waals surface area contributed by atoms with Gasteiger partial charge in [-0.15, -0.1) is 0 Å². The van der Waals surface area contributed by atoms with E-state index in [0.29, 0.717) is 13.1 Å². The zero-order valence-corrected chi connectivity index (χ0v) is 12.9. The molecule has 0 spiro atoms. The van der Waals surface area contributed by atoms with Crippen molar-refractivity contribution in [1.82, 2.24) is 9.88 Å². The van der Waals surface area contributed by atoms with Crippen molar-refractivity contribution in [3.8, 4) is 0 Å². The zero-order chi connectivity index (χ0) is 15.2. The van der Waals surface area contributed by atoms with Crippen LogP contribution in [0.3, 0.4) is 0 Å². The Labute approximate surface area is 127 Å². The van der Waals surface area contributed by atoms with Crippen LogP contribution < -0.4 is 5.32 Å². The van der Waals surface area contributed by atoms with Crippen LogP contribution in [0.5, 0.6) is 0 Å². The Morgan fingerprint density at radius 2 is 2.29 bits per heavy atom. The van der Waals surface area contributed by atoms with E-state index in [1.54, 1.807) is 18.4 Å². The Balaban J connectivity index is 2.14. The molecular formula is C15H18FN3OS. The Morgan fingerprint density at radius 3 is 2.95 bits per heavy atom.